The van der Waals surface area contributed by atoms with Crippen LogP contribution in [0, 0.1) is 0 Å². The topological polar surface area (TPSA) is 26.7 Å². The van der Waals surface area contributed by atoms with Crippen LogP contribution in [0.15, 0.2) is 52.3 Å². The average Bonchev–Trinajstić information content (AvgIpc) is 2.91. The Labute approximate surface area is 170 Å². The summed E-state index contributed by atoms with van der Waals surface area (Å²) in [5.41, 5.74) is 2.51. The van der Waals surface area contributed by atoms with E-state index in [-0.39, 0.29) is 6.10 Å². The number of fused-ring (bicyclic) bond motifs is 4. The van der Waals surface area contributed by atoms with Crippen LogP contribution in [0.2, 0.25) is 5.02 Å². The largest absolute Gasteiger partial charge is 0.393 e. The predicted molar refractivity (Wildman–Crippen MR) is 112 cm³/mol. The molecule has 3 heterocycles. The number of halogens is 1. The first-order chi connectivity index (χ1) is 13.2. The van der Waals surface area contributed by atoms with Crippen LogP contribution in [0.3, 0.4) is 0 Å². The molecule has 1 unspecified atom stereocenters. The Morgan fingerprint density at radius 2 is 1.70 bits per heavy atom. The average molecular weight is 401 g/mol. The minimum atomic E-state index is -0.0845. The lowest BCUT2D eigenvalue weighted by Crippen LogP contribution is -2.45. The lowest BCUT2D eigenvalue weighted by molar-refractivity contribution is 0.0353. The monoisotopic (exact) mass is 400 g/mol. The van der Waals surface area contributed by atoms with Crippen LogP contribution in [0.5, 0.6) is 0 Å². The Morgan fingerprint density at radius 3 is 2.52 bits per heavy atom. The number of benzene rings is 2. The molecule has 2 fully saturated rings. The highest BCUT2D eigenvalue weighted by atomic mass is 35.5. The van der Waals surface area contributed by atoms with E-state index in [4.69, 9.17) is 11.6 Å². The van der Waals surface area contributed by atoms with Gasteiger partial charge in [0.05, 0.1) is 17.5 Å². The number of piperidine rings is 1. The Bertz CT molecular complexity index is 831. The van der Waals surface area contributed by atoms with Gasteiger partial charge in [-0.05, 0) is 62.4 Å². The quantitative estimate of drug-likeness (QED) is 0.751. The number of rotatable bonds is 4. The fourth-order valence-corrected chi connectivity index (χ4v) is 6.31. The van der Waals surface area contributed by atoms with E-state index in [1.54, 1.807) is 0 Å². The van der Waals surface area contributed by atoms with Crippen molar-refractivity contribution in [2.75, 3.05) is 18.0 Å². The zero-order valence-electron chi connectivity index (χ0n) is 15.4. The summed E-state index contributed by atoms with van der Waals surface area (Å²) in [6.07, 6.45) is 5.45. The molecule has 3 atom stereocenters. The van der Waals surface area contributed by atoms with Crippen molar-refractivity contribution in [1.29, 1.82) is 0 Å². The highest BCUT2D eigenvalue weighted by Crippen LogP contribution is 2.48. The Balaban J connectivity index is 1.34. The molecule has 5 rings (SSSR count). The zero-order valence-corrected chi connectivity index (χ0v) is 16.9. The summed E-state index contributed by atoms with van der Waals surface area (Å²) < 4.78 is 0. The fourth-order valence-electron chi connectivity index (χ4n) is 5.07. The number of hydrogen-bond donors (Lipinski definition) is 1. The van der Waals surface area contributed by atoms with E-state index in [9.17, 15) is 5.11 Å². The summed E-state index contributed by atoms with van der Waals surface area (Å²) in [6, 6.07) is 16.0. The summed E-state index contributed by atoms with van der Waals surface area (Å²) in [6.45, 7) is 2.10. The van der Waals surface area contributed by atoms with Gasteiger partial charge in [0.2, 0.25) is 0 Å². The van der Waals surface area contributed by atoms with Gasteiger partial charge in [-0.2, -0.15) is 0 Å². The van der Waals surface area contributed by atoms with E-state index < -0.39 is 0 Å². The number of hydrogen-bond acceptors (Lipinski definition) is 4. The standard InChI is InChI=1S/C22H25ClN2OS/c23-15-6-9-22-20(12-15)25(19-4-1-2-5-21(19)27-22)11-3-10-24-16-7-8-17(24)14-18(26)13-16/h1-2,4-6,9,12,16-18,26H,3,7-8,10-11,13-14H2/t16-,17+,18?. The van der Waals surface area contributed by atoms with Crippen molar-refractivity contribution in [1.82, 2.24) is 4.90 Å². The predicted octanol–water partition coefficient (Wildman–Crippen LogP) is 5.32. The third-order valence-electron chi connectivity index (χ3n) is 6.25. The molecule has 2 bridgehead atoms. The molecular formula is C22H25ClN2OS. The van der Waals surface area contributed by atoms with Crippen molar-refractivity contribution < 1.29 is 5.11 Å². The molecule has 2 aromatic rings. The Kier molecular flexibility index (Phi) is 4.85. The first kappa shape index (κ1) is 17.9. The molecule has 0 amide bonds. The van der Waals surface area contributed by atoms with Crippen molar-refractivity contribution in [3.8, 4) is 0 Å². The number of aliphatic hydroxyl groups is 1. The summed E-state index contributed by atoms with van der Waals surface area (Å²) in [4.78, 5) is 7.69. The molecule has 142 valence electrons. The van der Waals surface area contributed by atoms with Gasteiger partial charge in [0, 0.05) is 40.0 Å². The molecule has 0 saturated carbocycles. The van der Waals surface area contributed by atoms with Gasteiger partial charge in [0.25, 0.3) is 0 Å². The molecule has 3 nitrogen and oxygen atoms in total. The SMILES string of the molecule is OC1C[C@H]2CC[C@@H](C1)N2CCCN1c2ccccc2Sc2ccc(Cl)cc21. The molecule has 2 saturated heterocycles. The third kappa shape index (κ3) is 3.38. The maximum atomic E-state index is 10.0. The van der Waals surface area contributed by atoms with E-state index in [0.717, 1.165) is 37.4 Å². The first-order valence-electron chi connectivity index (χ1n) is 9.97. The van der Waals surface area contributed by atoms with Crippen molar-refractivity contribution in [3.05, 3.63) is 47.5 Å². The van der Waals surface area contributed by atoms with Gasteiger partial charge in [-0.1, -0.05) is 35.5 Å². The number of nitrogens with zero attached hydrogens (tertiary/aromatic N) is 2. The maximum absolute atomic E-state index is 10.0. The second-order valence-electron chi connectivity index (χ2n) is 7.94. The van der Waals surface area contributed by atoms with E-state index in [1.807, 2.05) is 17.8 Å². The van der Waals surface area contributed by atoms with Gasteiger partial charge < -0.3 is 10.0 Å². The summed E-state index contributed by atoms with van der Waals surface area (Å²) in [7, 11) is 0. The third-order valence-corrected chi connectivity index (χ3v) is 7.61. The normalized spacial score (nSPS) is 26.7. The van der Waals surface area contributed by atoms with Crippen molar-refractivity contribution >= 4 is 34.7 Å². The molecule has 0 aromatic heterocycles. The lowest BCUT2D eigenvalue weighted by atomic mass is 10.00. The molecule has 0 spiro atoms. The van der Waals surface area contributed by atoms with E-state index in [0.29, 0.717) is 12.1 Å². The van der Waals surface area contributed by atoms with Gasteiger partial charge in [0.1, 0.15) is 0 Å². The fraction of sp³-hybridized carbons (Fsp3) is 0.455. The zero-order chi connectivity index (χ0) is 18.4. The number of aliphatic hydroxyl groups excluding tert-OH is 1. The van der Waals surface area contributed by atoms with Gasteiger partial charge in [-0.25, -0.2) is 0 Å². The molecule has 0 radical (unpaired) electrons. The molecule has 3 aliphatic heterocycles. The minimum Gasteiger partial charge on any atom is -0.393 e. The van der Waals surface area contributed by atoms with Crippen LogP contribution in [0.25, 0.3) is 0 Å². The smallest absolute Gasteiger partial charge is 0.0570 e. The molecule has 5 heteroatoms. The summed E-state index contributed by atoms with van der Waals surface area (Å²) in [5, 5.41) is 10.8. The van der Waals surface area contributed by atoms with Crippen molar-refractivity contribution in [2.45, 2.75) is 60.1 Å². The second kappa shape index (κ2) is 7.32. The molecule has 2 aromatic carbocycles. The minimum absolute atomic E-state index is 0.0845. The van der Waals surface area contributed by atoms with Gasteiger partial charge >= 0.3 is 0 Å². The number of para-hydroxylation sites is 1. The van der Waals surface area contributed by atoms with Gasteiger partial charge in [0.15, 0.2) is 0 Å². The highest BCUT2D eigenvalue weighted by Gasteiger charge is 2.39. The molecular weight excluding hydrogens is 376 g/mol. The second-order valence-corrected chi connectivity index (χ2v) is 9.46. The number of anilines is 2. The maximum Gasteiger partial charge on any atom is 0.0570 e. The van der Waals surface area contributed by atoms with Gasteiger partial charge in [-0.15, -0.1) is 0 Å². The van der Waals surface area contributed by atoms with E-state index in [2.05, 4.69) is 46.2 Å². The van der Waals surface area contributed by atoms with E-state index in [1.165, 1.54) is 34.0 Å². The molecule has 3 aliphatic rings. The summed E-state index contributed by atoms with van der Waals surface area (Å²) in [5.74, 6) is 0. The molecule has 1 N–H and O–H groups in total. The molecule has 27 heavy (non-hydrogen) atoms. The lowest BCUT2D eigenvalue weighted by Gasteiger charge is -2.38. The van der Waals surface area contributed by atoms with Crippen LogP contribution in [0.4, 0.5) is 11.4 Å². The van der Waals surface area contributed by atoms with Crippen LogP contribution >= 0.6 is 23.4 Å². The van der Waals surface area contributed by atoms with Crippen molar-refractivity contribution in [3.63, 3.8) is 0 Å². The Morgan fingerprint density at radius 1 is 0.963 bits per heavy atom. The van der Waals surface area contributed by atoms with Crippen LogP contribution in [-0.4, -0.2) is 41.3 Å². The summed E-state index contributed by atoms with van der Waals surface area (Å²) >= 11 is 8.15. The first-order valence-corrected chi connectivity index (χ1v) is 11.2. The van der Waals surface area contributed by atoms with Crippen LogP contribution in [-0.2, 0) is 0 Å². The highest BCUT2D eigenvalue weighted by molar-refractivity contribution is 7.99. The Hall–Kier alpha value is -1.20. The van der Waals surface area contributed by atoms with Crippen molar-refractivity contribution in [2.24, 2.45) is 0 Å². The van der Waals surface area contributed by atoms with E-state index >= 15 is 0 Å². The van der Waals surface area contributed by atoms with Crippen LogP contribution in [0.1, 0.15) is 32.1 Å². The van der Waals surface area contributed by atoms with Gasteiger partial charge in [-0.3, -0.25) is 4.90 Å². The molecule has 0 aliphatic carbocycles. The van der Waals surface area contributed by atoms with Crippen LogP contribution < -0.4 is 4.90 Å².